The lowest BCUT2D eigenvalue weighted by molar-refractivity contribution is -0.534. The van der Waals surface area contributed by atoms with E-state index in [0.29, 0.717) is 5.57 Å². The molecule has 0 unspecified atom stereocenters. The first kappa shape index (κ1) is 17.6. The Balaban J connectivity index is 2.97. The van der Waals surface area contributed by atoms with Gasteiger partial charge in [0.05, 0.1) is 24.7 Å². The molecule has 0 spiro atoms. The number of esters is 1. The van der Waals surface area contributed by atoms with Gasteiger partial charge in [-0.3, -0.25) is 10.1 Å². The van der Waals surface area contributed by atoms with Crippen molar-refractivity contribution in [3.8, 4) is 0 Å². The Kier molecular flexibility index (Phi) is 6.81. The van der Waals surface area contributed by atoms with Crippen molar-refractivity contribution in [2.75, 3.05) is 6.61 Å². The van der Waals surface area contributed by atoms with Crippen LogP contribution in [0.4, 0.5) is 0 Å². The predicted octanol–water partition coefficient (Wildman–Crippen LogP) is 2.73. The molecule has 1 rings (SSSR count). The molecule has 0 radical (unpaired) electrons. The summed E-state index contributed by atoms with van der Waals surface area (Å²) < 4.78 is 10.9. The van der Waals surface area contributed by atoms with Gasteiger partial charge in [-0.25, -0.2) is 4.79 Å². The van der Waals surface area contributed by atoms with Crippen molar-refractivity contribution in [2.45, 2.75) is 65.2 Å². The van der Waals surface area contributed by atoms with E-state index < -0.39 is 18.1 Å². The minimum absolute atomic E-state index is 0.0441. The highest BCUT2D eigenvalue weighted by Crippen LogP contribution is 2.30. The summed E-state index contributed by atoms with van der Waals surface area (Å²) in [5, 5.41) is 11.2. The second-order valence-electron chi connectivity index (χ2n) is 5.37. The van der Waals surface area contributed by atoms with Crippen LogP contribution in [0.5, 0.6) is 0 Å². The van der Waals surface area contributed by atoms with Crippen LogP contribution in [0.15, 0.2) is 11.6 Å². The molecule has 6 nitrogen and oxygen atoms in total. The zero-order chi connectivity index (χ0) is 16.0. The molecule has 1 aliphatic carbocycles. The first-order chi connectivity index (χ1) is 9.94. The zero-order valence-electron chi connectivity index (χ0n) is 13.2. The number of hydrogen-bond acceptors (Lipinski definition) is 5. The van der Waals surface area contributed by atoms with Crippen molar-refractivity contribution < 1.29 is 19.2 Å². The molecule has 0 bridgehead atoms. The third-order valence-corrected chi connectivity index (χ3v) is 3.99. The van der Waals surface area contributed by atoms with Gasteiger partial charge in [-0.15, -0.1) is 0 Å². The van der Waals surface area contributed by atoms with Crippen molar-refractivity contribution in [3.63, 3.8) is 0 Å². The summed E-state index contributed by atoms with van der Waals surface area (Å²) in [6.07, 6.45) is 3.12. The van der Waals surface area contributed by atoms with E-state index in [0.717, 1.165) is 12.8 Å². The topological polar surface area (TPSA) is 78.7 Å². The van der Waals surface area contributed by atoms with Crippen LogP contribution in [0.2, 0.25) is 0 Å². The van der Waals surface area contributed by atoms with E-state index in [1.165, 1.54) is 0 Å². The van der Waals surface area contributed by atoms with Gasteiger partial charge in [0.2, 0.25) is 6.04 Å². The summed E-state index contributed by atoms with van der Waals surface area (Å²) in [7, 11) is 0. The van der Waals surface area contributed by atoms with Crippen molar-refractivity contribution in [3.05, 3.63) is 21.8 Å². The number of carbonyl (C=O) groups is 1. The molecular weight excluding hydrogens is 274 g/mol. The number of rotatable bonds is 7. The molecule has 0 N–H and O–H groups in total. The highest BCUT2D eigenvalue weighted by atomic mass is 16.6. The Morgan fingerprint density at radius 3 is 2.52 bits per heavy atom. The van der Waals surface area contributed by atoms with Crippen LogP contribution in [-0.4, -0.2) is 35.7 Å². The van der Waals surface area contributed by atoms with E-state index in [1.807, 2.05) is 13.8 Å². The lowest BCUT2D eigenvalue weighted by Gasteiger charge is -2.31. The summed E-state index contributed by atoms with van der Waals surface area (Å²) in [5.41, 5.74) is 0.354. The monoisotopic (exact) mass is 299 g/mol. The molecule has 0 heterocycles. The van der Waals surface area contributed by atoms with E-state index >= 15 is 0 Å². The van der Waals surface area contributed by atoms with Crippen molar-refractivity contribution in [1.29, 1.82) is 0 Å². The Morgan fingerprint density at radius 2 is 2.05 bits per heavy atom. The second-order valence-corrected chi connectivity index (χ2v) is 5.37. The number of ether oxygens (including phenoxy) is 2. The first-order valence-electron chi connectivity index (χ1n) is 7.61. The molecule has 0 saturated heterocycles. The van der Waals surface area contributed by atoms with Crippen molar-refractivity contribution >= 4 is 5.97 Å². The Morgan fingerprint density at radius 1 is 1.43 bits per heavy atom. The Bertz CT molecular complexity index is 403. The zero-order valence-corrected chi connectivity index (χ0v) is 13.2. The lowest BCUT2D eigenvalue weighted by Crippen LogP contribution is -2.42. The number of nitro groups is 1. The fraction of sp³-hybridized carbons (Fsp3) is 0.800. The number of carbonyl (C=O) groups excluding carboxylic acids is 1. The van der Waals surface area contributed by atoms with Gasteiger partial charge in [0.15, 0.2) is 0 Å². The quantitative estimate of drug-likeness (QED) is 0.410. The minimum atomic E-state index is -0.811. The molecule has 120 valence electrons. The van der Waals surface area contributed by atoms with Crippen LogP contribution in [0, 0.1) is 16.0 Å². The summed E-state index contributed by atoms with van der Waals surface area (Å²) >= 11 is 0. The van der Waals surface area contributed by atoms with Crippen LogP contribution < -0.4 is 0 Å². The summed E-state index contributed by atoms with van der Waals surface area (Å²) in [6.45, 7) is 7.81. The van der Waals surface area contributed by atoms with Crippen LogP contribution >= 0.6 is 0 Å². The second kappa shape index (κ2) is 8.12. The third-order valence-electron chi connectivity index (χ3n) is 3.99. The average Bonchev–Trinajstić information content (AvgIpc) is 2.46. The van der Waals surface area contributed by atoms with Crippen LogP contribution in [0.25, 0.3) is 0 Å². The van der Waals surface area contributed by atoms with Gasteiger partial charge >= 0.3 is 5.97 Å². The number of nitrogens with zero attached hydrogens (tertiary/aromatic N) is 1. The van der Waals surface area contributed by atoms with E-state index in [9.17, 15) is 14.9 Å². The Hall–Kier alpha value is -1.43. The largest absolute Gasteiger partial charge is 0.463 e. The molecule has 3 atom stereocenters. The normalized spacial score (nSPS) is 25.6. The SMILES string of the molecule is CCOC(=O)C1=C[C@@H](OC(CC)CC)[C@H](C)[C@H]([N+](=O)[O-])C1. The van der Waals surface area contributed by atoms with Crippen LogP contribution in [-0.2, 0) is 14.3 Å². The van der Waals surface area contributed by atoms with Gasteiger partial charge < -0.3 is 9.47 Å². The highest BCUT2D eigenvalue weighted by molar-refractivity contribution is 5.88. The lowest BCUT2D eigenvalue weighted by atomic mass is 9.84. The average molecular weight is 299 g/mol. The fourth-order valence-corrected chi connectivity index (χ4v) is 2.56. The van der Waals surface area contributed by atoms with Gasteiger partial charge in [0.25, 0.3) is 0 Å². The predicted molar refractivity (Wildman–Crippen MR) is 78.5 cm³/mol. The molecule has 6 heteroatoms. The Labute approximate surface area is 125 Å². The van der Waals surface area contributed by atoms with Gasteiger partial charge in [-0.1, -0.05) is 20.8 Å². The molecule has 0 aromatic heterocycles. The standard InChI is InChI=1S/C15H25NO5/c1-5-12(6-2)21-14-9-11(15(17)20-7-3)8-13(10(14)4)16(18)19/h9-10,12-14H,5-8H2,1-4H3/t10-,13-,14-/m1/s1. The van der Waals surface area contributed by atoms with E-state index in [4.69, 9.17) is 9.47 Å². The molecule has 0 aliphatic heterocycles. The first-order valence-corrected chi connectivity index (χ1v) is 7.61. The van der Waals surface area contributed by atoms with E-state index in [2.05, 4.69) is 0 Å². The molecule has 1 aliphatic rings. The van der Waals surface area contributed by atoms with Gasteiger partial charge in [0, 0.05) is 16.9 Å². The number of hydrogen-bond donors (Lipinski definition) is 0. The molecule has 0 aromatic carbocycles. The van der Waals surface area contributed by atoms with Gasteiger partial charge in [-0.05, 0) is 25.8 Å². The van der Waals surface area contributed by atoms with E-state index in [-0.39, 0.29) is 30.0 Å². The van der Waals surface area contributed by atoms with Crippen molar-refractivity contribution in [1.82, 2.24) is 0 Å². The van der Waals surface area contributed by atoms with Crippen LogP contribution in [0.3, 0.4) is 0 Å². The highest BCUT2D eigenvalue weighted by Gasteiger charge is 2.41. The molecule has 0 aromatic rings. The molecule has 0 saturated carbocycles. The van der Waals surface area contributed by atoms with Gasteiger partial charge in [-0.2, -0.15) is 0 Å². The summed E-state index contributed by atoms with van der Waals surface area (Å²) in [6, 6.07) is -0.811. The van der Waals surface area contributed by atoms with E-state index in [1.54, 1.807) is 19.9 Å². The summed E-state index contributed by atoms with van der Waals surface area (Å²) in [4.78, 5) is 22.8. The minimum Gasteiger partial charge on any atom is -0.463 e. The molecule has 0 amide bonds. The van der Waals surface area contributed by atoms with Gasteiger partial charge in [0.1, 0.15) is 0 Å². The maximum atomic E-state index is 11.9. The smallest absolute Gasteiger partial charge is 0.334 e. The third kappa shape index (κ3) is 4.52. The molecule has 21 heavy (non-hydrogen) atoms. The summed E-state index contributed by atoms with van der Waals surface area (Å²) in [5.74, 6) is -0.742. The molecule has 0 fully saturated rings. The fourth-order valence-electron chi connectivity index (χ4n) is 2.56. The van der Waals surface area contributed by atoms with Crippen molar-refractivity contribution in [2.24, 2.45) is 5.92 Å². The molecular formula is C15H25NO5. The maximum Gasteiger partial charge on any atom is 0.334 e. The van der Waals surface area contributed by atoms with Crippen LogP contribution in [0.1, 0.15) is 47.0 Å². The maximum absolute atomic E-state index is 11.9.